The van der Waals surface area contributed by atoms with Crippen LogP contribution in [0, 0.1) is 0 Å². The molecule has 5 heteroatoms. The van der Waals surface area contributed by atoms with Gasteiger partial charge in [-0.2, -0.15) is 0 Å². The largest absolute Gasteiger partial charge is 0.355 e. The van der Waals surface area contributed by atoms with E-state index in [0.717, 1.165) is 32.1 Å². The smallest absolute Gasteiger partial charge is 0.191 e. The first-order valence-corrected chi connectivity index (χ1v) is 8.38. The number of hydrogen-bond donors (Lipinski definition) is 2. The highest BCUT2D eigenvalue weighted by Gasteiger charge is 2.05. The minimum atomic E-state index is 0.490. The van der Waals surface area contributed by atoms with Crippen molar-refractivity contribution in [3.05, 3.63) is 30.3 Å². The molecule has 0 heterocycles. The summed E-state index contributed by atoms with van der Waals surface area (Å²) in [5.41, 5.74) is 0. The van der Waals surface area contributed by atoms with Crippen molar-refractivity contribution in [3.63, 3.8) is 0 Å². The monoisotopic (exact) mass is 308 g/mol. The zero-order valence-corrected chi connectivity index (χ0v) is 14.4. The Hall–Kier alpha value is -1.20. The Morgan fingerprint density at radius 1 is 1.29 bits per heavy atom. The molecule has 118 valence electrons. The molecular weight excluding hydrogens is 280 g/mol. The summed E-state index contributed by atoms with van der Waals surface area (Å²) in [5, 5.41) is 7.21. The van der Waals surface area contributed by atoms with Gasteiger partial charge in [0.05, 0.1) is 0 Å². The number of likely N-dealkylation sites (N-methyl/N-ethyl adjacent to an activating group) is 1. The van der Waals surface area contributed by atoms with E-state index < -0.39 is 0 Å². The summed E-state index contributed by atoms with van der Waals surface area (Å²) < 4.78 is 0. The van der Waals surface area contributed by atoms with Gasteiger partial charge in [-0.3, -0.25) is 4.99 Å². The number of guanidine groups is 1. The lowest BCUT2D eigenvalue weighted by molar-refractivity contribution is 0.357. The van der Waals surface area contributed by atoms with E-state index in [0.29, 0.717) is 5.25 Å². The van der Waals surface area contributed by atoms with Gasteiger partial charge in [-0.15, -0.1) is 11.8 Å². The molecule has 1 aromatic rings. The minimum absolute atomic E-state index is 0.490. The number of aliphatic imine (C=N–C) groups is 1. The highest BCUT2D eigenvalue weighted by atomic mass is 32.2. The first-order valence-electron chi connectivity index (χ1n) is 7.50. The first-order chi connectivity index (χ1) is 10.2. The lowest BCUT2D eigenvalue weighted by atomic mass is 10.4. The summed E-state index contributed by atoms with van der Waals surface area (Å²) in [6, 6.07) is 10.5. The predicted octanol–water partition coefficient (Wildman–Crippen LogP) is 2.28. The number of nitrogens with zero attached hydrogens (tertiary/aromatic N) is 2. The highest BCUT2D eigenvalue weighted by molar-refractivity contribution is 8.00. The second kappa shape index (κ2) is 10.5. The van der Waals surface area contributed by atoms with Crippen molar-refractivity contribution in [3.8, 4) is 0 Å². The van der Waals surface area contributed by atoms with E-state index in [1.54, 1.807) is 0 Å². The Morgan fingerprint density at radius 3 is 2.62 bits per heavy atom. The van der Waals surface area contributed by atoms with Crippen LogP contribution in [0.4, 0.5) is 0 Å². The van der Waals surface area contributed by atoms with Crippen LogP contribution in [0.3, 0.4) is 0 Å². The van der Waals surface area contributed by atoms with Gasteiger partial charge in [0, 0.05) is 36.8 Å². The van der Waals surface area contributed by atoms with Crippen LogP contribution in [0.15, 0.2) is 40.2 Å². The van der Waals surface area contributed by atoms with Gasteiger partial charge in [0.25, 0.3) is 0 Å². The Bertz CT molecular complexity index is 408. The molecule has 2 N–H and O–H groups in total. The summed E-state index contributed by atoms with van der Waals surface area (Å²) in [6.07, 6.45) is 0. The Labute approximate surface area is 133 Å². The number of nitrogens with one attached hydrogen (secondary N) is 2. The van der Waals surface area contributed by atoms with Crippen LogP contribution in [0.25, 0.3) is 0 Å². The average molecular weight is 308 g/mol. The van der Waals surface area contributed by atoms with E-state index in [9.17, 15) is 0 Å². The molecule has 21 heavy (non-hydrogen) atoms. The average Bonchev–Trinajstić information content (AvgIpc) is 2.51. The zero-order valence-electron chi connectivity index (χ0n) is 13.6. The summed E-state index contributed by atoms with van der Waals surface area (Å²) in [6.45, 7) is 8.27. The van der Waals surface area contributed by atoms with E-state index >= 15 is 0 Å². The number of rotatable bonds is 8. The van der Waals surface area contributed by atoms with Crippen molar-refractivity contribution in [2.24, 2.45) is 4.99 Å². The van der Waals surface area contributed by atoms with Gasteiger partial charge >= 0.3 is 0 Å². The van der Waals surface area contributed by atoms with Crippen LogP contribution in [0.1, 0.15) is 13.8 Å². The fraction of sp³-hybridized carbons (Fsp3) is 0.562. The molecule has 0 aliphatic heterocycles. The van der Waals surface area contributed by atoms with Crippen LogP contribution in [0.5, 0.6) is 0 Å². The molecule has 0 saturated carbocycles. The molecular formula is C16H28N4S. The van der Waals surface area contributed by atoms with E-state index in [-0.39, 0.29) is 0 Å². The van der Waals surface area contributed by atoms with Crippen molar-refractivity contribution >= 4 is 17.7 Å². The van der Waals surface area contributed by atoms with Gasteiger partial charge in [0.15, 0.2) is 5.96 Å². The maximum absolute atomic E-state index is 4.26. The third-order valence-corrected chi connectivity index (χ3v) is 4.30. The maximum Gasteiger partial charge on any atom is 0.191 e. The molecule has 0 spiro atoms. The number of thioether (sulfide) groups is 1. The van der Waals surface area contributed by atoms with Crippen molar-refractivity contribution < 1.29 is 0 Å². The second-order valence-electron chi connectivity index (χ2n) is 5.02. The van der Waals surface area contributed by atoms with Crippen LogP contribution in [0.2, 0.25) is 0 Å². The molecule has 0 bridgehead atoms. The lowest BCUT2D eigenvalue weighted by Crippen LogP contribution is -2.42. The third kappa shape index (κ3) is 7.97. The van der Waals surface area contributed by atoms with Crippen LogP contribution in [-0.2, 0) is 0 Å². The van der Waals surface area contributed by atoms with Gasteiger partial charge in [-0.05, 0) is 25.7 Å². The van der Waals surface area contributed by atoms with E-state index in [2.05, 4.69) is 65.7 Å². The lowest BCUT2D eigenvalue weighted by Gasteiger charge is -2.18. The maximum atomic E-state index is 4.26. The SMILES string of the molecule is CCN(C)CCNC(=NC)NCC(C)Sc1ccccc1. The molecule has 0 fully saturated rings. The second-order valence-corrected chi connectivity index (χ2v) is 6.53. The van der Waals surface area contributed by atoms with E-state index in [1.165, 1.54) is 4.90 Å². The van der Waals surface area contributed by atoms with E-state index in [1.807, 2.05) is 24.9 Å². The van der Waals surface area contributed by atoms with Crippen molar-refractivity contribution in [2.75, 3.05) is 40.3 Å². The molecule has 1 atom stereocenters. The zero-order chi connectivity index (χ0) is 15.5. The van der Waals surface area contributed by atoms with Gasteiger partial charge in [-0.1, -0.05) is 32.0 Å². The fourth-order valence-corrected chi connectivity index (χ4v) is 2.70. The van der Waals surface area contributed by atoms with Crippen molar-refractivity contribution in [1.82, 2.24) is 15.5 Å². The summed E-state index contributed by atoms with van der Waals surface area (Å²) in [5.74, 6) is 0.875. The number of benzene rings is 1. The molecule has 1 rings (SSSR count). The van der Waals surface area contributed by atoms with Crippen LogP contribution < -0.4 is 10.6 Å². The van der Waals surface area contributed by atoms with Gasteiger partial charge < -0.3 is 15.5 Å². The molecule has 0 amide bonds. The molecule has 0 aromatic heterocycles. The highest BCUT2D eigenvalue weighted by Crippen LogP contribution is 2.21. The van der Waals surface area contributed by atoms with Gasteiger partial charge in [0.2, 0.25) is 0 Å². The predicted molar refractivity (Wildman–Crippen MR) is 94.3 cm³/mol. The van der Waals surface area contributed by atoms with Crippen molar-refractivity contribution in [1.29, 1.82) is 0 Å². The molecule has 0 radical (unpaired) electrons. The van der Waals surface area contributed by atoms with Gasteiger partial charge in [0.1, 0.15) is 0 Å². The van der Waals surface area contributed by atoms with Gasteiger partial charge in [-0.25, -0.2) is 0 Å². The molecule has 0 aliphatic carbocycles. The van der Waals surface area contributed by atoms with E-state index in [4.69, 9.17) is 0 Å². The quantitative estimate of drug-likeness (QED) is 0.439. The topological polar surface area (TPSA) is 39.7 Å². The summed E-state index contributed by atoms with van der Waals surface area (Å²) in [4.78, 5) is 7.83. The standard InChI is InChI=1S/C16H28N4S/c1-5-20(4)12-11-18-16(17-3)19-13-14(2)21-15-9-7-6-8-10-15/h6-10,14H,5,11-13H2,1-4H3,(H2,17,18,19). The number of hydrogen-bond acceptors (Lipinski definition) is 3. The van der Waals surface area contributed by atoms with Crippen molar-refractivity contribution in [2.45, 2.75) is 24.0 Å². The normalized spacial score (nSPS) is 13.3. The van der Waals surface area contributed by atoms with Crippen LogP contribution >= 0.6 is 11.8 Å². The summed E-state index contributed by atoms with van der Waals surface area (Å²) in [7, 11) is 3.93. The Morgan fingerprint density at radius 2 is 2.00 bits per heavy atom. The first kappa shape index (κ1) is 17.9. The molecule has 1 unspecified atom stereocenters. The molecule has 0 aliphatic rings. The molecule has 0 saturated heterocycles. The fourth-order valence-electron chi connectivity index (χ4n) is 1.76. The molecule has 1 aromatic carbocycles. The summed E-state index contributed by atoms with van der Waals surface area (Å²) >= 11 is 1.87. The Kier molecular flexibility index (Phi) is 8.94. The molecule has 4 nitrogen and oxygen atoms in total. The Balaban J connectivity index is 2.25. The third-order valence-electron chi connectivity index (χ3n) is 3.19. The van der Waals surface area contributed by atoms with Crippen LogP contribution in [-0.4, -0.2) is 56.4 Å². The minimum Gasteiger partial charge on any atom is -0.355 e.